The number of thiophene rings is 1. The van der Waals surface area contributed by atoms with Crippen LogP contribution in [0.1, 0.15) is 74.2 Å². The van der Waals surface area contributed by atoms with Crippen molar-refractivity contribution in [2.75, 3.05) is 0 Å². The van der Waals surface area contributed by atoms with Crippen molar-refractivity contribution in [1.29, 1.82) is 0 Å². The van der Waals surface area contributed by atoms with Gasteiger partial charge in [-0.2, -0.15) is 0 Å². The molecule has 25 heavy (non-hydrogen) atoms. The quantitative estimate of drug-likeness (QED) is 0.487. The maximum absolute atomic E-state index is 6.42. The fraction of sp³-hybridized carbons (Fsp3) is 0.455. The highest BCUT2D eigenvalue weighted by Gasteiger charge is 2.38. The van der Waals surface area contributed by atoms with Crippen LogP contribution in [0.2, 0.25) is 0 Å². The van der Waals surface area contributed by atoms with E-state index in [1.165, 1.54) is 21.1 Å². The molecule has 0 atom stereocenters. The Bertz CT molecular complexity index is 875. The first-order valence-corrected chi connectivity index (χ1v) is 9.76. The van der Waals surface area contributed by atoms with Crippen LogP contribution in [0.25, 0.3) is 0 Å². The molecule has 0 aliphatic carbocycles. The largest absolute Gasteiger partial charge is 0.464 e. The minimum Gasteiger partial charge on any atom is -0.464 e. The van der Waals surface area contributed by atoms with Crippen molar-refractivity contribution < 1.29 is 4.42 Å². The summed E-state index contributed by atoms with van der Waals surface area (Å²) in [5, 5.41) is 0. The van der Waals surface area contributed by atoms with Crippen LogP contribution in [0.15, 0.2) is 40.8 Å². The molecule has 0 unspecified atom stereocenters. The molecular weight excluding hydrogens is 326 g/mol. The summed E-state index contributed by atoms with van der Waals surface area (Å²) < 4.78 is 8.78. The molecule has 0 N–H and O–H groups in total. The lowest BCUT2D eigenvalue weighted by Gasteiger charge is -2.30. The number of rotatable bonds is 0. The Labute approximate surface area is 154 Å². The van der Waals surface area contributed by atoms with Crippen molar-refractivity contribution >= 4 is 11.3 Å². The summed E-state index contributed by atoms with van der Waals surface area (Å²) in [5.74, 6) is 2.07. The van der Waals surface area contributed by atoms with Crippen molar-refractivity contribution in [3.63, 3.8) is 0 Å². The van der Waals surface area contributed by atoms with Gasteiger partial charge in [-0.1, -0.05) is 0 Å². The first-order chi connectivity index (χ1) is 11.6. The molecule has 3 aromatic rings. The van der Waals surface area contributed by atoms with E-state index < -0.39 is 0 Å². The highest BCUT2D eigenvalue weighted by molar-refractivity contribution is 7.12. The molecule has 132 valence electrons. The Balaban J connectivity index is 2.08. The predicted octanol–water partition coefficient (Wildman–Crippen LogP) is 5.97. The van der Waals surface area contributed by atoms with Gasteiger partial charge in [0.15, 0.2) is 0 Å². The first kappa shape index (κ1) is 16.7. The normalized spacial score (nSPS) is 20.0. The second-order valence-electron chi connectivity index (χ2n) is 8.87. The molecule has 2 nitrogen and oxygen atoms in total. The zero-order valence-corrected chi connectivity index (χ0v) is 17.0. The highest BCUT2D eigenvalue weighted by Crippen LogP contribution is 2.45. The van der Waals surface area contributed by atoms with Crippen LogP contribution < -0.4 is 0 Å². The van der Waals surface area contributed by atoms with Crippen LogP contribution >= 0.6 is 11.3 Å². The van der Waals surface area contributed by atoms with Gasteiger partial charge in [-0.25, -0.2) is 0 Å². The number of nitrogens with zero attached hydrogens (tertiary/aromatic N) is 1. The molecule has 0 saturated carbocycles. The Morgan fingerprint density at radius 3 is 1.76 bits per heavy atom. The van der Waals surface area contributed by atoms with E-state index in [2.05, 4.69) is 89.6 Å². The number of aromatic nitrogens is 1. The summed E-state index contributed by atoms with van der Waals surface area (Å²) >= 11 is 1.90. The van der Waals surface area contributed by atoms with Crippen molar-refractivity contribution in [3.8, 4) is 0 Å². The van der Waals surface area contributed by atoms with E-state index in [0.29, 0.717) is 0 Å². The molecule has 0 aromatic carbocycles. The third-order valence-corrected chi connectivity index (χ3v) is 7.81. The molecule has 1 aliphatic heterocycles. The van der Waals surface area contributed by atoms with Crippen molar-refractivity contribution in [2.24, 2.45) is 7.05 Å². The fourth-order valence-electron chi connectivity index (χ4n) is 4.16. The molecule has 0 saturated heterocycles. The lowest BCUT2D eigenvalue weighted by molar-refractivity contribution is 0.359. The molecule has 3 heteroatoms. The predicted molar refractivity (Wildman–Crippen MR) is 105 cm³/mol. The fourth-order valence-corrected chi connectivity index (χ4v) is 5.38. The average Bonchev–Trinajstić information content (AvgIpc) is 3.25. The zero-order valence-electron chi connectivity index (χ0n) is 16.2. The van der Waals surface area contributed by atoms with E-state index in [4.69, 9.17) is 4.42 Å². The Morgan fingerprint density at radius 2 is 1.16 bits per heavy atom. The second-order valence-corrected chi connectivity index (χ2v) is 9.95. The Morgan fingerprint density at radius 1 is 0.680 bits per heavy atom. The van der Waals surface area contributed by atoms with Crippen LogP contribution in [-0.2, 0) is 23.3 Å². The third kappa shape index (κ3) is 2.15. The van der Waals surface area contributed by atoms with Gasteiger partial charge in [0, 0.05) is 33.6 Å². The summed E-state index contributed by atoms with van der Waals surface area (Å²) in [4.78, 5) is 2.75. The second kappa shape index (κ2) is 4.91. The minimum absolute atomic E-state index is 0.0239. The molecule has 0 radical (unpaired) electrons. The van der Waals surface area contributed by atoms with Gasteiger partial charge in [-0.3, -0.25) is 0 Å². The molecule has 1 aliphatic rings. The number of furan rings is 1. The summed E-state index contributed by atoms with van der Waals surface area (Å²) in [6.07, 6.45) is 0. The maximum Gasteiger partial charge on any atom is 0.115 e. The standard InChI is InChI=1S/C22H27NOS/c1-20(2)14-8-9-15(23(14)7)21(3,4)18-12-13-19(25-18)22(5,6)17-11-10-16(20)24-17/h8-13H,1-7H3. The molecule has 4 heterocycles. The SMILES string of the molecule is Cn1c2ccc1C(C)(C)c1ccc(s1)C(C)(C)c1ccc(o1)C2(C)C. The third-order valence-electron chi connectivity index (χ3n) is 6.08. The average molecular weight is 354 g/mol. The van der Waals surface area contributed by atoms with E-state index in [-0.39, 0.29) is 16.2 Å². The molecular formula is C22H27NOS. The van der Waals surface area contributed by atoms with Gasteiger partial charge in [0.1, 0.15) is 11.5 Å². The van der Waals surface area contributed by atoms with Gasteiger partial charge < -0.3 is 8.98 Å². The molecule has 0 spiro atoms. The maximum atomic E-state index is 6.42. The lowest BCUT2D eigenvalue weighted by Crippen LogP contribution is -2.26. The van der Waals surface area contributed by atoms with Crippen LogP contribution in [0.5, 0.6) is 0 Å². The molecule has 0 amide bonds. The van der Waals surface area contributed by atoms with E-state index >= 15 is 0 Å². The van der Waals surface area contributed by atoms with E-state index in [0.717, 1.165) is 11.5 Å². The van der Waals surface area contributed by atoms with Crippen LogP contribution in [0, 0.1) is 0 Å². The monoisotopic (exact) mass is 353 g/mol. The molecule has 3 aromatic heterocycles. The first-order valence-electron chi connectivity index (χ1n) is 8.94. The van der Waals surface area contributed by atoms with Crippen LogP contribution in [0.3, 0.4) is 0 Å². The van der Waals surface area contributed by atoms with Gasteiger partial charge in [0.25, 0.3) is 0 Å². The summed E-state index contributed by atoms with van der Waals surface area (Å²) in [6, 6.07) is 13.4. The van der Waals surface area contributed by atoms with Crippen molar-refractivity contribution in [2.45, 2.75) is 57.8 Å². The van der Waals surface area contributed by atoms with Crippen LogP contribution in [0.4, 0.5) is 0 Å². The minimum atomic E-state index is -0.175. The summed E-state index contributed by atoms with van der Waals surface area (Å²) in [6.45, 7) is 13.7. The number of fused-ring (bicyclic) bond motifs is 6. The van der Waals surface area contributed by atoms with E-state index in [1.54, 1.807) is 0 Å². The van der Waals surface area contributed by atoms with E-state index in [1.807, 2.05) is 11.3 Å². The molecule has 0 fully saturated rings. The van der Waals surface area contributed by atoms with E-state index in [9.17, 15) is 0 Å². The molecule has 6 bridgehead atoms. The number of hydrogen-bond donors (Lipinski definition) is 0. The summed E-state index contributed by atoms with van der Waals surface area (Å²) in [7, 11) is 2.18. The summed E-state index contributed by atoms with van der Waals surface area (Å²) in [5.41, 5.74) is 2.30. The van der Waals surface area contributed by atoms with Crippen molar-refractivity contribution in [1.82, 2.24) is 4.57 Å². The number of hydrogen-bond acceptors (Lipinski definition) is 2. The molecule has 4 rings (SSSR count). The highest BCUT2D eigenvalue weighted by atomic mass is 32.1. The van der Waals surface area contributed by atoms with Crippen LogP contribution in [-0.4, -0.2) is 4.57 Å². The Kier molecular flexibility index (Phi) is 3.28. The zero-order chi connectivity index (χ0) is 18.2. The Hall–Kier alpha value is -1.74. The topological polar surface area (TPSA) is 18.1 Å². The van der Waals surface area contributed by atoms with Gasteiger partial charge in [0.2, 0.25) is 0 Å². The van der Waals surface area contributed by atoms with Gasteiger partial charge >= 0.3 is 0 Å². The van der Waals surface area contributed by atoms with Gasteiger partial charge in [0.05, 0.1) is 10.8 Å². The lowest BCUT2D eigenvalue weighted by atomic mass is 9.85. The smallest absolute Gasteiger partial charge is 0.115 e. The van der Waals surface area contributed by atoms with Gasteiger partial charge in [-0.15, -0.1) is 11.3 Å². The van der Waals surface area contributed by atoms with Crippen molar-refractivity contribution in [3.05, 3.63) is 69.1 Å². The van der Waals surface area contributed by atoms with Gasteiger partial charge in [-0.05, 0) is 77.9 Å².